The highest BCUT2D eigenvalue weighted by atomic mass is 16.5. The van der Waals surface area contributed by atoms with E-state index in [0.717, 1.165) is 30.3 Å². The third-order valence-electron chi connectivity index (χ3n) is 5.78. The van der Waals surface area contributed by atoms with Crippen LogP contribution in [-0.2, 0) is 4.79 Å². The van der Waals surface area contributed by atoms with E-state index in [4.69, 9.17) is 9.47 Å². The van der Waals surface area contributed by atoms with Gasteiger partial charge in [-0.3, -0.25) is 4.79 Å². The van der Waals surface area contributed by atoms with Gasteiger partial charge in [0.15, 0.2) is 6.10 Å². The maximum atomic E-state index is 12.8. The number of ether oxygens (including phenoxy) is 2. The second-order valence-corrected chi connectivity index (χ2v) is 8.21. The van der Waals surface area contributed by atoms with Gasteiger partial charge >= 0.3 is 0 Å². The van der Waals surface area contributed by atoms with E-state index in [1.807, 2.05) is 38.1 Å². The zero-order valence-corrected chi connectivity index (χ0v) is 18.6. The van der Waals surface area contributed by atoms with Crippen LogP contribution in [0.25, 0.3) is 0 Å². The summed E-state index contributed by atoms with van der Waals surface area (Å²) in [5.74, 6) is 2.06. The summed E-state index contributed by atoms with van der Waals surface area (Å²) in [7, 11) is 1.62. The van der Waals surface area contributed by atoms with Crippen molar-refractivity contribution in [3.8, 4) is 11.5 Å². The highest BCUT2D eigenvalue weighted by Crippen LogP contribution is 2.25. The third kappa shape index (κ3) is 5.68. The SMILES string of the molecule is CC[C@H](Oc1ccc(OC)cc1)C(=O)N[C@@H](C)c1ccc(N2CCC[C@@H](C)C2)cc1. The summed E-state index contributed by atoms with van der Waals surface area (Å²) in [6.45, 7) is 8.52. The Morgan fingerprint density at radius 2 is 1.80 bits per heavy atom. The molecular formula is C25H34N2O3. The van der Waals surface area contributed by atoms with Crippen LogP contribution < -0.4 is 19.7 Å². The van der Waals surface area contributed by atoms with Gasteiger partial charge in [0, 0.05) is 18.8 Å². The predicted octanol–water partition coefficient (Wildman–Crippen LogP) is 4.97. The molecule has 1 heterocycles. The number of amides is 1. The molecule has 1 fully saturated rings. The van der Waals surface area contributed by atoms with Crippen molar-refractivity contribution in [1.82, 2.24) is 5.32 Å². The molecule has 1 amide bonds. The molecule has 30 heavy (non-hydrogen) atoms. The maximum absolute atomic E-state index is 12.8. The Morgan fingerprint density at radius 1 is 1.13 bits per heavy atom. The zero-order chi connectivity index (χ0) is 21.5. The van der Waals surface area contributed by atoms with Gasteiger partial charge in [-0.15, -0.1) is 0 Å². The normalized spacial score (nSPS) is 18.4. The van der Waals surface area contributed by atoms with Gasteiger partial charge in [-0.2, -0.15) is 0 Å². The number of carbonyl (C=O) groups excluding carboxylic acids is 1. The largest absolute Gasteiger partial charge is 0.497 e. The van der Waals surface area contributed by atoms with E-state index in [1.165, 1.54) is 18.5 Å². The number of nitrogens with zero attached hydrogens (tertiary/aromatic N) is 1. The Labute approximate surface area is 180 Å². The molecule has 2 aromatic rings. The second kappa shape index (κ2) is 10.4. The van der Waals surface area contributed by atoms with Crippen LogP contribution in [0, 0.1) is 5.92 Å². The van der Waals surface area contributed by atoms with E-state index >= 15 is 0 Å². The van der Waals surface area contributed by atoms with Crippen molar-refractivity contribution in [2.75, 3.05) is 25.1 Å². The van der Waals surface area contributed by atoms with Gasteiger partial charge in [-0.1, -0.05) is 26.0 Å². The van der Waals surface area contributed by atoms with Gasteiger partial charge in [-0.25, -0.2) is 0 Å². The van der Waals surface area contributed by atoms with Gasteiger partial charge in [0.2, 0.25) is 0 Å². The molecule has 0 radical (unpaired) electrons. The van der Waals surface area contributed by atoms with E-state index < -0.39 is 6.10 Å². The Hall–Kier alpha value is -2.69. The molecule has 3 rings (SSSR count). The molecule has 1 aliphatic heterocycles. The lowest BCUT2D eigenvalue weighted by Crippen LogP contribution is -2.39. The molecule has 2 aromatic carbocycles. The fourth-order valence-electron chi connectivity index (χ4n) is 3.93. The van der Waals surface area contributed by atoms with Crippen LogP contribution in [0.4, 0.5) is 5.69 Å². The summed E-state index contributed by atoms with van der Waals surface area (Å²) in [5.41, 5.74) is 2.36. The minimum Gasteiger partial charge on any atom is -0.497 e. The van der Waals surface area contributed by atoms with Crippen LogP contribution in [0.1, 0.15) is 51.6 Å². The predicted molar refractivity (Wildman–Crippen MR) is 121 cm³/mol. The van der Waals surface area contributed by atoms with E-state index in [-0.39, 0.29) is 11.9 Å². The molecule has 1 N–H and O–H groups in total. The molecular weight excluding hydrogens is 376 g/mol. The number of hydrogen-bond acceptors (Lipinski definition) is 4. The van der Waals surface area contributed by atoms with Crippen molar-refractivity contribution in [2.24, 2.45) is 5.92 Å². The summed E-state index contributed by atoms with van der Waals surface area (Å²) >= 11 is 0. The van der Waals surface area contributed by atoms with E-state index in [9.17, 15) is 4.79 Å². The smallest absolute Gasteiger partial charge is 0.261 e. The molecule has 1 aliphatic rings. The molecule has 1 saturated heterocycles. The Bertz CT molecular complexity index is 804. The summed E-state index contributed by atoms with van der Waals surface area (Å²) < 4.78 is 11.1. The van der Waals surface area contributed by atoms with Crippen molar-refractivity contribution in [3.63, 3.8) is 0 Å². The van der Waals surface area contributed by atoms with Crippen molar-refractivity contribution < 1.29 is 14.3 Å². The number of hydrogen-bond donors (Lipinski definition) is 1. The average molecular weight is 411 g/mol. The molecule has 0 unspecified atom stereocenters. The summed E-state index contributed by atoms with van der Waals surface area (Å²) in [6.07, 6.45) is 2.63. The van der Waals surface area contributed by atoms with Gasteiger partial charge in [-0.05, 0) is 74.1 Å². The molecule has 5 nitrogen and oxygen atoms in total. The first-order valence-corrected chi connectivity index (χ1v) is 11.0. The van der Waals surface area contributed by atoms with Crippen LogP contribution >= 0.6 is 0 Å². The molecule has 0 aromatic heterocycles. The van der Waals surface area contributed by atoms with Crippen LogP contribution in [0.3, 0.4) is 0 Å². The maximum Gasteiger partial charge on any atom is 0.261 e. The quantitative estimate of drug-likeness (QED) is 0.668. The van der Waals surface area contributed by atoms with Crippen molar-refractivity contribution in [1.29, 1.82) is 0 Å². The number of carbonyl (C=O) groups is 1. The number of benzene rings is 2. The lowest BCUT2D eigenvalue weighted by Gasteiger charge is -2.33. The molecule has 0 saturated carbocycles. The monoisotopic (exact) mass is 410 g/mol. The Morgan fingerprint density at radius 3 is 2.40 bits per heavy atom. The standard InChI is InChI=1S/C25H34N2O3/c1-5-24(30-23-14-12-22(29-4)13-15-23)25(28)26-19(3)20-8-10-21(11-9-20)27-16-6-7-18(2)17-27/h8-15,18-19,24H,5-7,16-17H2,1-4H3,(H,26,28)/t18-,19+,24+/m1/s1. The van der Waals surface area contributed by atoms with Crippen LogP contribution in [0.5, 0.6) is 11.5 Å². The highest BCUT2D eigenvalue weighted by Gasteiger charge is 2.21. The van der Waals surface area contributed by atoms with Gasteiger partial charge in [0.1, 0.15) is 11.5 Å². The minimum atomic E-state index is -0.532. The van der Waals surface area contributed by atoms with Gasteiger partial charge < -0.3 is 19.7 Å². The molecule has 162 valence electrons. The van der Waals surface area contributed by atoms with Crippen LogP contribution in [-0.4, -0.2) is 32.2 Å². The van der Waals surface area contributed by atoms with Gasteiger partial charge in [0.05, 0.1) is 13.2 Å². The number of anilines is 1. The number of piperidine rings is 1. The first kappa shape index (κ1) is 22.0. The molecule has 3 atom stereocenters. The fourth-order valence-corrected chi connectivity index (χ4v) is 3.93. The molecule has 5 heteroatoms. The van der Waals surface area contributed by atoms with Gasteiger partial charge in [0.25, 0.3) is 5.91 Å². The zero-order valence-electron chi connectivity index (χ0n) is 18.6. The highest BCUT2D eigenvalue weighted by molar-refractivity contribution is 5.81. The second-order valence-electron chi connectivity index (χ2n) is 8.21. The fraction of sp³-hybridized carbons (Fsp3) is 0.480. The summed E-state index contributed by atoms with van der Waals surface area (Å²) in [5, 5.41) is 3.09. The first-order chi connectivity index (χ1) is 14.5. The summed E-state index contributed by atoms with van der Waals surface area (Å²) in [4.78, 5) is 15.2. The third-order valence-corrected chi connectivity index (χ3v) is 5.78. The van der Waals surface area contributed by atoms with Crippen LogP contribution in [0.15, 0.2) is 48.5 Å². The van der Waals surface area contributed by atoms with E-state index in [0.29, 0.717) is 12.2 Å². The van der Waals surface area contributed by atoms with E-state index in [2.05, 4.69) is 41.4 Å². The summed E-state index contributed by atoms with van der Waals surface area (Å²) in [6, 6.07) is 15.8. The van der Waals surface area contributed by atoms with Crippen molar-refractivity contribution in [2.45, 2.75) is 52.2 Å². The van der Waals surface area contributed by atoms with Crippen molar-refractivity contribution >= 4 is 11.6 Å². The minimum absolute atomic E-state index is 0.0830. The number of methoxy groups -OCH3 is 1. The Balaban J connectivity index is 1.57. The molecule has 0 spiro atoms. The Kier molecular flexibility index (Phi) is 7.61. The van der Waals surface area contributed by atoms with E-state index in [1.54, 1.807) is 7.11 Å². The first-order valence-electron chi connectivity index (χ1n) is 11.0. The number of nitrogens with one attached hydrogen (secondary N) is 1. The topological polar surface area (TPSA) is 50.8 Å². The average Bonchev–Trinajstić information content (AvgIpc) is 2.77. The van der Waals surface area contributed by atoms with Crippen molar-refractivity contribution in [3.05, 3.63) is 54.1 Å². The van der Waals surface area contributed by atoms with Crippen LogP contribution in [0.2, 0.25) is 0 Å². The number of rotatable bonds is 8. The molecule has 0 bridgehead atoms. The lowest BCUT2D eigenvalue weighted by atomic mass is 9.99. The molecule has 0 aliphatic carbocycles. The lowest BCUT2D eigenvalue weighted by molar-refractivity contribution is -0.128.